The van der Waals surface area contributed by atoms with Crippen molar-refractivity contribution < 1.29 is 22.7 Å². The van der Waals surface area contributed by atoms with E-state index in [4.69, 9.17) is 9.15 Å². The van der Waals surface area contributed by atoms with Crippen LogP contribution < -0.4 is 10.1 Å². The fourth-order valence-corrected chi connectivity index (χ4v) is 3.14. The highest BCUT2D eigenvalue weighted by Crippen LogP contribution is 2.36. The third kappa shape index (κ3) is 3.43. The van der Waals surface area contributed by atoms with Crippen molar-refractivity contribution >= 4 is 5.91 Å². The number of amides is 1. The van der Waals surface area contributed by atoms with E-state index in [1.165, 1.54) is 18.4 Å². The van der Waals surface area contributed by atoms with Gasteiger partial charge in [-0.3, -0.25) is 4.79 Å². The average Bonchev–Trinajstić information content (AvgIpc) is 3.31. The zero-order chi connectivity index (χ0) is 19.0. The van der Waals surface area contributed by atoms with Crippen molar-refractivity contribution in [1.29, 1.82) is 0 Å². The number of hydrogen-bond acceptors (Lipinski definition) is 3. The number of fused-ring (bicyclic) bond motifs is 1. The number of hydrogen-bond donors (Lipinski definition) is 1. The van der Waals surface area contributed by atoms with E-state index in [-0.39, 0.29) is 35.9 Å². The molecule has 4 nitrogen and oxygen atoms in total. The molecule has 1 aliphatic rings. The molecular weight excluding hydrogens is 352 g/mol. The zero-order valence-electron chi connectivity index (χ0n) is 14.6. The third-order valence-electron chi connectivity index (χ3n) is 4.59. The van der Waals surface area contributed by atoms with E-state index in [1.807, 2.05) is 0 Å². The molecule has 1 amide bonds. The van der Waals surface area contributed by atoms with Gasteiger partial charge in [0.15, 0.2) is 17.3 Å². The van der Waals surface area contributed by atoms with E-state index in [0.29, 0.717) is 28.7 Å². The predicted molar refractivity (Wildman–Crippen MR) is 95.7 cm³/mol. The molecule has 0 spiro atoms. The summed E-state index contributed by atoms with van der Waals surface area (Å²) in [7, 11) is 0. The second kappa shape index (κ2) is 6.87. The van der Waals surface area contributed by atoms with Crippen LogP contribution in [-0.2, 0) is 6.42 Å². The van der Waals surface area contributed by atoms with Crippen LogP contribution in [0, 0.1) is 18.6 Å². The van der Waals surface area contributed by atoms with Gasteiger partial charge in [0, 0.05) is 12.0 Å². The van der Waals surface area contributed by atoms with Crippen LogP contribution in [0.2, 0.25) is 0 Å². The number of halogens is 2. The van der Waals surface area contributed by atoms with Crippen molar-refractivity contribution in [2.75, 3.05) is 6.54 Å². The molecule has 1 N–H and O–H groups in total. The number of rotatable bonds is 4. The highest BCUT2D eigenvalue weighted by atomic mass is 19.1. The van der Waals surface area contributed by atoms with Crippen LogP contribution in [0.5, 0.6) is 5.75 Å². The number of aryl methyl sites for hydroxylation is 1. The molecule has 1 unspecified atom stereocenters. The molecule has 2 aromatic carbocycles. The summed E-state index contributed by atoms with van der Waals surface area (Å²) in [5.41, 5.74) is 2.43. The minimum Gasteiger partial charge on any atom is -0.485 e. The highest BCUT2D eigenvalue weighted by molar-refractivity contribution is 5.91. The molecule has 1 atom stereocenters. The van der Waals surface area contributed by atoms with Crippen LogP contribution in [0.4, 0.5) is 8.78 Å². The lowest BCUT2D eigenvalue weighted by Crippen LogP contribution is -2.34. The molecular formula is C21H17F2NO3. The van der Waals surface area contributed by atoms with Crippen molar-refractivity contribution in [3.8, 4) is 16.9 Å². The molecule has 6 heteroatoms. The Bertz CT molecular complexity index is 999. The van der Waals surface area contributed by atoms with Gasteiger partial charge in [0.1, 0.15) is 11.9 Å². The van der Waals surface area contributed by atoms with Crippen LogP contribution in [0.1, 0.15) is 21.7 Å². The summed E-state index contributed by atoms with van der Waals surface area (Å²) in [5, 5.41) is 2.71. The Kier molecular flexibility index (Phi) is 4.39. The third-order valence-corrected chi connectivity index (χ3v) is 4.59. The monoisotopic (exact) mass is 369 g/mol. The van der Waals surface area contributed by atoms with E-state index >= 15 is 0 Å². The number of ether oxygens (including phenoxy) is 1. The van der Waals surface area contributed by atoms with Crippen LogP contribution >= 0.6 is 0 Å². The minimum atomic E-state index is -0.497. The number of benzene rings is 2. The van der Waals surface area contributed by atoms with Crippen molar-refractivity contribution in [2.24, 2.45) is 0 Å². The lowest BCUT2D eigenvalue weighted by Gasteiger charge is -2.11. The first-order valence-electron chi connectivity index (χ1n) is 8.58. The topological polar surface area (TPSA) is 51.5 Å². The summed E-state index contributed by atoms with van der Waals surface area (Å²) >= 11 is 0. The van der Waals surface area contributed by atoms with Gasteiger partial charge in [-0.15, -0.1) is 0 Å². The maximum Gasteiger partial charge on any atom is 0.287 e. The maximum atomic E-state index is 14.5. The Balaban J connectivity index is 1.49. The van der Waals surface area contributed by atoms with Crippen molar-refractivity contribution in [2.45, 2.75) is 19.4 Å². The first-order chi connectivity index (χ1) is 13.0. The van der Waals surface area contributed by atoms with Gasteiger partial charge in [-0.05, 0) is 53.9 Å². The second-order valence-corrected chi connectivity index (χ2v) is 6.54. The predicted octanol–water partition coefficient (Wildman–Crippen LogP) is 4.27. The fourth-order valence-electron chi connectivity index (χ4n) is 3.14. The molecule has 0 fully saturated rings. The molecule has 2 heterocycles. The molecule has 0 saturated heterocycles. The Labute approximate surface area is 154 Å². The van der Waals surface area contributed by atoms with Gasteiger partial charge in [0.25, 0.3) is 5.91 Å². The van der Waals surface area contributed by atoms with Gasteiger partial charge in [0.2, 0.25) is 0 Å². The molecule has 1 aromatic heterocycles. The van der Waals surface area contributed by atoms with Gasteiger partial charge in [-0.1, -0.05) is 12.1 Å². The van der Waals surface area contributed by atoms with Gasteiger partial charge in [0.05, 0.1) is 12.8 Å². The summed E-state index contributed by atoms with van der Waals surface area (Å²) < 4.78 is 39.0. The number of carbonyl (C=O) groups excluding carboxylic acids is 1. The standard InChI is InChI=1S/C21H17F2NO3/c1-12-4-5-13(9-17(12)22)14-7-15-8-16(27-20(15)18(23)10-14)11-24-21(25)19-3-2-6-26-19/h2-7,9-10,16H,8,11H2,1H3,(H,24,25). The molecule has 138 valence electrons. The van der Waals surface area contributed by atoms with Gasteiger partial charge in [-0.25, -0.2) is 8.78 Å². The van der Waals surface area contributed by atoms with Crippen molar-refractivity contribution in [1.82, 2.24) is 5.32 Å². The van der Waals surface area contributed by atoms with Crippen molar-refractivity contribution in [3.63, 3.8) is 0 Å². The second-order valence-electron chi connectivity index (χ2n) is 6.54. The van der Waals surface area contributed by atoms with Gasteiger partial charge in [-0.2, -0.15) is 0 Å². The summed E-state index contributed by atoms with van der Waals surface area (Å²) in [5.74, 6) is -0.786. The van der Waals surface area contributed by atoms with E-state index in [0.717, 1.165) is 0 Å². The molecule has 0 radical (unpaired) electrons. The van der Waals surface area contributed by atoms with Gasteiger partial charge < -0.3 is 14.5 Å². The van der Waals surface area contributed by atoms with Crippen LogP contribution in [0.3, 0.4) is 0 Å². The zero-order valence-corrected chi connectivity index (χ0v) is 14.6. The van der Waals surface area contributed by atoms with E-state index in [9.17, 15) is 13.6 Å². The molecule has 0 saturated carbocycles. The van der Waals surface area contributed by atoms with Crippen LogP contribution in [-0.4, -0.2) is 18.6 Å². The molecule has 3 aromatic rings. The summed E-state index contributed by atoms with van der Waals surface area (Å²) in [6, 6.07) is 11.2. The summed E-state index contributed by atoms with van der Waals surface area (Å²) in [4.78, 5) is 11.9. The Morgan fingerprint density at radius 3 is 2.70 bits per heavy atom. The highest BCUT2D eigenvalue weighted by Gasteiger charge is 2.27. The van der Waals surface area contributed by atoms with E-state index < -0.39 is 5.82 Å². The number of furan rings is 1. The molecule has 1 aliphatic heterocycles. The molecule has 27 heavy (non-hydrogen) atoms. The Morgan fingerprint density at radius 1 is 1.15 bits per heavy atom. The molecule has 0 aliphatic carbocycles. The smallest absolute Gasteiger partial charge is 0.287 e. The van der Waals surface area contributed by atoms with Gasteiger partial charge >= 0.3 is 0 Å². The molecule has 0 bridgehead atoms. The average molecular weight is 369 g/mol. The van der Waals surface area contributed by atoms with E-state index in [1.54, 1.807) is 37.3 Å². The van der Waals surface area contributed by atoms with Crippen molar-refractivity contribution in [3.05, 3.63) is 77.2 Å². The van der Waals surface area contributed by atoms with E-state index in [2.05, 4.69) is 5.32 Å². The summed E-state index contributed by atoms with van der Waals surface area (Å²) in [6.45, 7) is 1.90. The lowest BCUT2D eigenvalue weighted by molar-refractivity contribution is 0.0905. The largest absolute Gasteiger partial charge is 0.485 e. The normalized spacial score (nSPS) is 15.3. The number of nitrogens with one attached hydrogen (secondary N) is 1. The Hall–Kier alpha value is -3.15. The molecule has 4 rings (SSSR count). The Morgan fingerprint density at radius 2 is 1.96 bits per heavy atom. The van der Waals surface area contributed by atoms with Crippen LogP contribution in [0.25, 0.3) is 11.1 Å². The van der Waals surface area contributed by atoms with Crippen LogP contribution in [0.15, 0.2) is 53.1 Å². The SMILES string of the molecule is Cc1ccc(-c2cc(F)c3c(c2)CC(CNC(=O)c2ccco2)O3)cc1F. The lowest BCUT2D eigenvalue weighted by atomic mass is 9.99. The minimum absolute atomic E-state index is 0.184. The number of carbonyl (C=O) groups is 1. The summed E-state index contributed by atoms with van der Waals surface area (Å²) in [6.07, 6.45) is 1.49. The first kappa shape index (κ1) is 17.3. The quantitative estimate of drug-likeness (QED) is 0.747. The first-order valence-corrected chi connectivity index (χ1v) is 8.58. The maximum absolute atomic E-state index is 14.5. The fraction of sp³-hybridized carbons (Fsp3) is 0.190.